The number of sulfonamides is 1. The fourth-order valence-electron chi connectivity index (χ4n) is 0.860. The highest BCUT2D eigenvalue weighted by Crippen LogP contribution is 1.92. The molecular weight excluding hydrogens is 238 g/mol. The highest BCUT2D eigenvalue weighted by atomic mass is 32.2. The van der Waals surface area contributed by atoms with Gasteiger partial charge in [0.15, 0.2) is 6.10 Å². The number of aliphatic hydroxyl groups is 1. The van der Waals surface area contributed by atoms with Crippen LogP contribution in [-0.4, -0.2) is 56.2 Å². The zero-order valence-electron chi connectivity index (χ0n) is 9.05. The summed E-state index contributed by atoms with van der Waals surface area (Å²) in [6.07, 6.45) is -1.71. The Morgan fingerprint density at radius 2 is 2.12 bits per heavy atom. The number of hydrogen-bond donors (Lipinski definition) is 3. The van der Waals surface area contributed by atoms with Crippen molar-refractivity contribution >= 4 is 16.0 Å². The molecule has 0 saturated heterocycles. The number of ether oxygens (including phenoxy) is 1. The molecule has 0 aliphatic heterocycles. The monoisotopic (exact) mass is 255 g/mol. The SMILES string of the molecule is CCOCCS(=O)(=O)NCCC(O)C(=O)O. The van der Waals surface area contributed by atoms with Gasteiger partial charge in [-0.25, -0.2) is 17.9 Å². The van der Waals surface area contributed by atoms with Crippen LogP contribution in [0.25, 0.3) is 0 Å². The summed E-state index contributed by atoms with van der Waals surface area (Å²) in [5.41, 5.74) is 0. The highest BCUT2D eigenvalue weighted by Gasteiger charge is 2.15. The van der Waals surface area contributed by atoms with E-state index in [0.717, 1.165) is 0 Å². The van der Waals surface area contributed by atoms with Gasteiger partial charge in [0, 0.05) is 13.2 Å². The Morgan fingerprint density at radius 1 is 1.50 bits per heavy atom. The van der Waals surface area contributed by atoms with Crippen molar-refractivity contribution in [3.05, 3.63) is 0 Å². The minimum absolute atomic E-state index is 0.0906. The van der Waals surface area contributed by atoms with E-state index in [9.17, 15) is 13.2 Å². The minimum Gasteiger partial charge on any atom is -0.479 e. The lowest BCUT2D eigenvalue weighted by Gasteiger charge is -2.08. The van der Waals surface area contributed by atoms with Crippen LogP contribution in [0, 0.1) is 0 Å². The molecule has 0 spiro atoms. The Balaban J connectivity index is 3.78. The van der Waals surface area contributed by atoms with E-state index in [2.05, 4.69) is 4.72 Å². The molecule has 0 heterocycles. The maximum absolute atomic E-state index is 11.2. The molecule has 96 valence electrons. The topological polar surface area (TPSA) is 113 Å². The van der Waals surface area contributed by atoms with Crippen LogP contribution in [0.5, 0.6) is 0 Å². The van der Waals surface area contributed by atoms with E-state index >= 15 is 0 Å². The number of carbonyl (C=O) groups is 1. The van der Waals surface area contributed by atoms with Crippen molar-refractivity contribution in [3.8, 4) is 0 Å². The molecule has 0 radical (unpaired) electrons. The van der Waals surface area contributed by atoms with Crippen molar-refractivity contribution in [1.29, 1.82) is 0 Å². The lowest BCUT2D eigenvalue weighted by molar-refractivity contribution is -0.146. The molecule has 0 saturated carbocycles. The minimum atomic E-state index is -3.45. The maximum atomic E-state index is 11.2. The van der Waals surface area contributed by atoms with Crippen LogP contribution in [0.2, 0.25) is 0 Å². The van der Waals surface area contributed by atoms with Gasteiger partial charge in [-0.05, 0) is 13.3 Å². The van der Waals surface area contributed by atoms with E-state index in [-0.39, 0.29) is 25.3 Å². The van der Waals surface area contributed by atoms with Gasteiger partial charge in [0.05, 0.1) is 12.4 Å². The van der Waals surface area contributed by atoms with Gasteiger partial charge >= 0.3 is 5.97 Å². The van der Waals surface area contributed by atoms with Crippen molar-refractivity contribution in [1.82, 2.24) is 4.72 Å². The Hall–Kier alpha value is -0.700. The molecule has 0 aromatic heterocycles. The third-order valence-corrected chi connectivity index (χ3v) is 3.07. The number of aliphatic carboxylic acids is 1. The van der Waals surface area contributed by atoms with Crippen molar-refractivity contribution in [2.45, 2.75) is 19.4 Å². The highest BCUT2D eigenvalue weighted by molar-refractivity contribution is 7.89. The van der Waals surface area contributed by atoms with Crippen LogP contribution in [0.15, 0.2) is 0 Å². The van der Waals surface area contributed by atoms with Crippen LogP contribution in [0.4, 0.5) is 0 Å². The summed E-state index contributed by atoms with van der Waals surface area (Å²) in [5.74, 6) is -1.54. The molecular formula is C8H17NO6S. The molecule has 7 nitrogen and oxygen atoms in total. The largest absolute Gasteiger partial charge is 0.479 e. The lowest BCUT2D eigenvalue weighted by atomic mass is 10.3. The predicted molar refractivity (Wildman–Crippen MR) is 56.5 cm³/mol. The third-order valence-electron chi connectivity index (χ3n) is 1.73. The summed E-state index contributed by atoms with van der Waals surface area (Å²) in [6, 6.07) is 0. The first kappa shape index (κ1) is 15.3. The van der Waals surface area contributed by atoms with Gasteiger partial charge < -0.3 is 14.9 Å². The Labute approximate surface area is 94.5 Å². The fraction of sp³-hybridized carbons (Fsp3) is 0.875. The van der Waals surface area contributed by atoms with Crippen LogP contribution in [0.1, 0.15) is 13.3 Å². The second-order valence-electron chi connectivity index (χ2n) is 3.05. The molecule has 0 fully saturated rings. The molecule has 1 atom stereocenters. The van der Waals surface area contributed by atoms with E-state index < -0.39 is 22.1 Å². The van der Waals surface area contributed by atoms with E-state index in [1.807, 2.05) is 0 Å². The third kappa shape index (κ3) is 7.57. The summed E-state index contributed by atoms with van der Waals surface area (Å²) in [6.45, 7) is 2.17. The summed E-state index contributed by atoms with van der Waals surface area (Å²) in [4.78, 5) is 10.2. The standard InChI is InChI=1S/C8H17NO6S/c1-2-15-5-6-16(13,14)9-4-3-7(10)8(11)12/h7,9-10H,2-6H2,1H3,(H,11,12). The summed E-state index contributed by atoms with van der Waals surface area (Å²) in [7, 11) is -3.45. The number of carboxylic acid groups (broad SMARTS) is 1. The molecule has 0 amide bonds. The molecule has 0 aliphatic carbocycles. The average molecular weight is 255 g/mol. The number of nitrogens with one attached hydrogen (secondary N) is 1. The molecule has 3 N–H and O–H groups in total. The van der Waals surface area contributed by atoms with Crippen LogP contribution < -0.4 is 4.72 Å². The molecule has 0 rings (SSSR count). The fourth-order valence-corrected chi connectivity index (χ4v) is 1.77. The summed E-state index contributed by atoms with van der Waals surface area (Å²) >= 11 is 0. The Bertz CT molecular complexity index is 302. The smallest absolute Gasteiger partial charge is 0.332 e. The lowest BCUT2D eigenvalue weighted by Crippen LogP contribution is -2.32. The van der Waals surface area contributed by atoms with Crippen LogP contribution in [-0.2, 0) is 19.6 Å². The first-order valence-corrected chi connectivity index (χ1v) is 6.50. The molecule has 16 heavy (non-hydrogen) atoms. The van der Waals surface area contributed by atoms with Gasteiger partial charge in [-0.15, -0.1) is 0 Å². The van der Waals surface area contributed by atoms with Crippen LogP contribution >= 0.6 is 0 Å². The van der Waals surface area contributed by atoms with E-state index in [4.69, 9.17) is 14.9 Å². The molecule has 1 unspecified atom stereocenters. The van der Waals surface area contributed by atoms with E-state index in [1.54, 1.807) is 6.92 Å². The van der Waals surface area contributed by atoms with E-state index in [0.29, 0.717) is 6.61 Å². The van der Waals surface area contributed by atoms with Crippen molar-refractivity contribution < 1.29 is 28.2 Å². The average Bonchev–Trinajstić information content (AvgIpc) is 2.17. The summed E-state index contributed by atoms with van der Waals surface area (Å²) < 4.78 is 29.5. The predicted octanol–water partition coefficient (Wildman–Crippen LogP) is -1.22. The molecule has 0 aromatic carbocycles. The van der Waals surface area contributed by atoms with Gasteiger partial charge in [0.2, 0.25) is 10.0 Å². The number of hydrogen-bond acceptors (Lipinski definition) is 5. The Morgan fingerprint density at radius 3 is 2.62 bits per heavy atom. The van der Waals surface area contributed by atoms with Gasteiger partial charge in [-0.2, -0.15) is 0 Å². The van der Waals surface area contributed by atoms with Crippen molar-refractivity contribution in [2.24, 2.45) is 0 Å². The zero-order valence-corrected chi connectivity index (χ0v) is 9.87. The van der Waals surface area contributed by atoms with Crippen molar-refractivity contribution in [3.63, 3.8) is 0 Å². The molecule has 0 aliphatic rings. The number of aliphatic hydroxyl groups excluding tert-OH is 1. The van der Waals surface area contributed by atoms with Gasteiger partial charge in [0.1, 0.15) is 0 Å². The molecule has 0 aromatic rings. The van der Waals surface area contributed by atoms with Crippen LogP contribution in [0.3, 0.4) is 0 Å². The molecule has 8 heteroatoms. The number of rotatable bonds is 9. The second-order valence-corrected chi connectivity index (χ2v) is 4.98. The quantitative estimate of drug-likeness (QED) is 0.445. The van der Waals surface area contributed by atoms with E-state index in [1.165, 1.54) is 0 Å². The first-order valence-electron chi connectivity index (χ1n) is 4.85. The molecule has 0 bridgehead atoms. The van der Waals surface area contributed by atoms with Crippen molar-refractivity contribution in [2.75, 3.05) is 25.5 Å². The van der Waals surface area contributed by atoms with Gasteiger partial charge in [-0.3, -0.25) is 0 Å². The zero-order chi connectivity index (χ0) is 12.6. The first-order chi connectivity index (χ1) is 7.39. The second kappa shape index (κ2) is 7.55. The van der Waals surface area contributed by atoms with Gasteiger partial charge in [0.25, 0.3) is 0 Å². The maximum Gasteiger partial charge on any atom is 0.332 e. The number of carboxylic acids is 1. The Kier molecular flexibility index (Phi) is 7.22. The van der Waals surface area contributed by atoms with Gasteiger partial charge in [-0.1, -0.05) is 0 Å². The summed E-state index contributed by atoms with van der Waals surface area (Å²) in [5, 5.41) is 17.2. The normalized spacial score (nSPS) is 13.6.